The number of nitrogens with one attached hydrogen (secondary N) is 1. The van der Waals surface area contributed by atoms with Crippen LogP contribution < -0.4 is 11.1 Å². The highest BCUT2D eigenvalue weighted by Crippen LogP contribution is 2.35. The second-order valence-corrected chi connectivity index (χ2v) is 5.42. The molecule has 1 fully saturated rings. The van der Waals surface area contributed by atoms with Gasteiger partial charge < -0.3 is 16.2 Å². The maximum absolute atomic E-state index is 9.52. The second kappa shape index (κ2) is 4.63. The van der Waals surface area contributed by atoms with Crippen molar-refractivity contribution in [1.82, 2.24) is 0 Å². The zero-order valence-corrected chi connectivity index (χ0v) is 10.8. The number of hydrogen-bond acceptors (Lipinski definition) is 3. The van der Waals surface area contributed by atoms with E-state index < -0.39 is 0 Å². The summed E-state index contributed by atoms with van der Waals surface area (Å²) >= 11 is 3.43. The lowest BCUT2D eigenvalue weighted by molar-refractivity contribution is 0.214. The van der Waals surface area contributed by atoms with Crippen LogP contribution in [0, 0.1) is 0 Å². The Morgan fingerprint density at radius 1 is 1.38 bits per heavy atom. The van der Waals surface area contributed by atoms with E-state index in [1.54, 1.807) is 0 Å². The smallest absolute Gasteiger partial charge is 0.0661 e. The third kappa shape index (κ3) is 2.33. The van der Waals surface area contributed by atoms with E-state index in [0.717, 1.165) is 28.7 Å². The van der Waals surface area contributed by atoms with Gasteiger partial charge in [0, 0.05) is 4.47 Å². The summed E-state index contributed by atoms with van der Waals surface area (Å²) in [4.78, 5) is 0. The molecule has 0 atom stereocenters. The third-order valence-electron chi connectivity index (χ3n) is 3.28. The van der Waals surface area contributed by atoms with Crippen LogP contribution in [0.1, 0.15) is 25.7 Å². The Labute approximate surface area is 104 Å². The van der Waals surface area contributed by atoms with Gasteiger partial charge in [-0.05, 0) is 31.0 Å². The van der Waals surface area contributed by atoms with E-state index in [4.69, 9.17) is 5.73 Å². The molecule has 88 valence electrons. The van der Waals surface area contributed by atoms with Gasteiger partial charge >= 0.3 is 0 Å². The summed E-state index contributed by atoms with van der Waals surface area (Å²) in [6.45, 7) is 0.166. The van der Waals surface area contributed by atoms with Crippen LogP contribution in [0.2, 0.25) is 0 Å². The van der Waals surface area contributed by atoms with Crippen molar-refractivity contribution < 1.29 is 5.11 Å². The molecular formula is C12H17BrN2O. The highest BCUT2D eigenvalue weighted by molar-refractivity contribution is 9.10. The summed E-state index contributed by atoms with van der Waals surface area (Å²) in [7, 11) is 0. The average molecular weight is 285 g/mol. The predicted octanol–water partition coefficient (Wildman–Crippen LogP) is 2.75. The fourth-order valence-corrected chi connectivity index (χ4v) is 2.66. The summed E-state index contributed by atoms with van der Waals surface area (Å²) in [6, 6.07) is 5.75. The molecule has 1 aliphatic rings. The van der Waals surface area contributed by atoms with Gasteiger partial charge in [-0.25, -0.2) is 0 Å². The number of nitrogens with two attached hydrogens (primary N) is 1. The van der Waals surface area contributed by atoms with Crippen molar-refractivity contribution in [3.05, 3.63) is 22.7 Å². The minimum absolute atomic E-state index is 0.166. The number of nitrogen functional groups attached to an aromatic ring is 1. The minimum Gasteiger partial charge on any atom is -0.397 e. The zero-order chi connectivity index (χ0) is 11.6. The normalized spacial score (nSPS) is 18.6. The molecule has 1 saturated carbocycles. The Morgan fingerprint density at radius 3 is 2.69 bits per heavy atom. The number of anilines is 2. The zero-order valence-electron chi connectivity index (χ0n) is 9.17. The maximum Gasteiger partial charge on any atom is 0.0661 e. The van der Waals surface area contributed by atoms with Gasteiger partial charge in [-0.15, -0.1) is 0 Å². The van der Waals surface area contributed by atoms with Crippen molar-refractivity contribution in [2.24, 2.45) is 0 Å². The van der Waals surface area contributed by atoms with Crippen LogP contribution in [0.3, 0.4) is 0 Å². The van der Waals surface area contributed by atoms with E-state index in [1.807, 2.05) is 18.2 Å². The predicted molar refractivity (Wildman–Crippen MR) is 70.5 cm³/mol. The van der Waals surface area contributed by atoms with E-state index in [0.29, 0.717) is 0 Å². The van der Waals surface area contributed by atoms with Crippen molar-refractivity contribution in [3.8, 4) is 0 Å². The van der Waals surface area contributed by atoms with E-state index >= 15 is 0 Å². The fourth-order valence-electron chi connectivity index (χ4n) is 2.30. The molecule has 1 aliphatic carbocycles. The van der Waals surface area contributed by atoms with Crippen molar-refractivity contribution >= 4 is 27.3 Å². The molecule has 0 radical (unpaired) electrons. The lowest BCUT2D eigenvalue weighted by Crippen LogP contribution is -2.39. The van der Waals surface area contributed by atoms with Crippen LogP contribution in [0.5, 0.6) is 0 Å². The van der Waals surface area contributed by atoms with E-state index in [2.05, 4.69) is 21.2 Å². The Morgan fingerprint density at radius 2 is 2.06 bits per heavy atom. The van der Waals surface area contributed by atoms with E-state index in [9.17, 15) is 5.11 Å². The molecule has 0 spiro atoms. The van der Waals surface area contributed by atoms with Gasteiger partial charge in [-0.1, -0.05) is 28.8 Å². The lowest BCUT2D eigenvalue weighted by atomic mass is 9.98. The van der Waals surface area contributed by atoms with Gasteiger partial charge in [-0.3, -0.25) is 0 Å². The van der Waals surface area contributed by atoms with Crippen LogP contribution >= 0.6 is 15.9 Å². The average Bonchev–Trinajstić information content (AvgIpc) is 2.73. The molecule has 0 unspecified atom stereocenters. The Kier molecular flexibility index (Phi) is 3.40. The molecule has 0 aromatic heterocycles. The SMILES string of the molecule is Nc1ccc(Br)cc1NC1(CO)CCCC1. The first-order chi connectivity index (χ1) is 7.65. The summed E-state index contributed by atoms with van der Waals surface area (Å²) in [5, 5.41) is 12.9. The van der Waals surface area contributed by atoms with Gasteiger partial charge in [0.05, 0.1) is 23.5 Å². The Hall–Kier alpha value is -0.740. The number of aliphatic hydroxyl groups is 1. The van der Waals surface area contributed by atoms with Crippen molar-refractivity contribution in [3.63, 3.8) is 0 Å². The van der Waals surface area contributed by atoms with Gasteiger partial charge in [0.25, 0.3) is 0 Å². The molecule has 0 amide bonds. The molecule has 16 heavy (non-hydrogen) atoms. The molecule has 0 heterocycles. The third-order valence-corrected chi connectivity index (χ3v) is 3.77. The Bertz CT molecular complexity index is 375. The minimum atomic E-state index is -0.172. The van der Waals surface area contributed by atoms with Crippen LogP contribution in [-0.2, 0) is 0 Å². The molecular weight excluding hydrogens is 268 g/mol. The summed E-state index contributed by atoms with van der Waals surface area (Å²) in [5.41, 5.74) is 7.38. The number of halogens is 1. The van der Waals surface area contributed by atoms with Gasteiger partial charge in [0.15, 0.2) is 0 Å². The Balaban J connectivity index is 2.21. The summed E-state index contributed by atoms with van der Waals surface area (Å²) < 4.78 is 0.996. The number of benzene rings is 1. The van der Waals surface area contributed by atoms with Crippen LogP contribution in [0.15, 0.2) is 22.7 Å². The molecule has 3 nitrogen and oxygen atoms in total. The van der Waals surface area contributed by atoms with Crippen molar-refractivity contribution in [2.45, 2.75) is 31.2 Å². The molecule has 1 aromatic rings. The van der Waals surface area contributed by atoms with Crippen LogP contribution in [-0.4, -0.2) is 17.3 Å². The molecule has 0 aliphatic heterocycles. The molecule has 2 rings (SSSR count). The monoisotopic (exact) mass is 284 g/mol. The first-order valence-corrected chi connectivity index (χ1v) is 6.39. The van der Waals surface area contributed by atoms with Gasteiger partial charge in [0.1, 0.15) is 0 Å². The largest absolute Gasteiger partial charge is 0.397 e. The maximum atomic E-state index is 9.52. The van der Waals surface area contributed by atoms with Gasteiger partial charge in [-0.2, -0.15) is 0 Å². The number of rotatable bonds is 3. The topological polar surface area (TPSA) is 58.3 Å². The van der Waals surface area contributed by atoms with Crippen LogP contribution in [0.4, 0.5) is 11.4 Å². The standard InChI is InChI=1S/C12H17BrN2O/c13-9-3-4-10(14)11(7-9)15-12(8-16)5-1-2-6-12/h3-4,7,15-16H,1-2,5-6,8,14H2. The number of aliphatic hydroxyl groups excluding tert-OH is 1. The fraction of sp³-hybridized carbons (Fsp3) is 0.500. The second-order valence-electron chi connectivity index (χ2n) is 4.50. The lowest BCUT2D eigenvalue weighted by Gasteiger charge is -2.30. The first-order valence-electron chi connectivity index (χ1n) is 5.59. The highest BCUT2D eigenvalue weighted by atomic mass is 79.9. The van der Waals surface area contributed by atoms with Gasteiger partial charge in [0.2, 0.25) is 0 Å². The first kappa shape index (κ1) is 11.7. The van der Waals surface area contributed by atoms with E-state index in [1.165, 1.54) is 12.8 Å². The highest BCUT2D eigenvalue weighted by Gasteiger charge is 2.33. The molecule has 0 bridgehead atoms. The quantitative estimate of drug-likeness (QED) is 0.748. The van der Waals surface area contributed by atoms with Crippen molar-refractivity contribution in [2.75, 3.05) is 17.7 Å². The summed E-state index contributed by atoms with van der Waals surface area (Å²) in [5.74, 6) is 0. The molecule has 0 saturated heterocycles. The van der Waals surface area contributed by atoms with E-state index in [-0.39, 0.29) is 12.1 Å². The molecule has 4 N–H and O–H groups in total. The van der Waals surface area contributed by atoms with Crippen molar-refractivity contribution in [1.29, 1.82) is 0 Å². The molecule has 4 heteroatoms. The molecule has 1 aromatic carbocycles. The number of hydrogen-bond donors (Lipinski definition) is 3. The van der Waals surface area contributed by atoms with Crippen LogP contribution in [0.25, 0.3) is 0 Å². The summed E-state index contributed by atoms with van der Waals surface area (Å²) in [6.07, 6.45) is 4.36.